The molecule has 0 aliphatic heterocycles. The number of aromatic carboxylic acids is 1. The van der Waals surface area contributed by atoms with E-state index in [0.29, 0.717) is 0 Å². The quantitative estimate of drug-likeness (QED) is 0.864. The van der Waals surface area contributed by atoms with Crippen LogP contribution in [0.15, 0.2) is 0 Å². The number of rotatable bonds is 4. The van der Waals surface area contributed by atoms with Gasteiger partial charge < -0.3 is 5.11 Å². The van der Waals surface area contributed by atoms with Crippen LogP contribution in [0.3, 0.4) is 0 Å². The lowest BCUT2D eigenvalue weighted by molar-refractivity contribution is -0.0477. The number of carbonyl (C=O) groups is 1. The molecule has 118 valence electrons. The Morgan fingerprint density at radius 1 is 1.43 bits per heavy atom. The van der Waals surface area contributed by atoms with Crippen molar-refractivity contribution < 1.29 is 27.5 Å². The van der Waals surface area contributed by atoms with Crippen LogP contribution in [-0.4, -0.2) is 26.8 Å². The van der Waals surface area contributed by atoms with E-state index in [1.54, 1.807) is 0 Å². The lowest BCUT2D eigenvalue weighted by atomic mass is 9.87. The lowest BCUT2D eigenvalue weighted by Crippen LogP contribution is -2.27. The highest BCUT2D eigenvalue weighted by atomic mass is 19.3. The summed E-state index contributed by atoms with van der Waals surface area (Å²) < 4.78 is 52.8. The molecule has 1 fully saturated rings. The first-order valence-corrected chi connectivity index (χ1v) is 6.68. The molecule has 1 heterocycles. The zero-order valence-corrected chi connectivity index (χ0v) is 11.5. The van der Waals surface area contributed by atoms with E-state index in [1.807, 2.05) is 0 Å². The zero-order chi connectivity index (χ0) is 15.8. The second kappa shape index (κ2) is 5.65. The topological polar surface area (TPSA) is 55.1 Å². The van der Waals surface area contributed by atoms with Gasteiger partial charge in [0.2, 0.25) is 5.92 Å². The van der Waals surface area contributed by atoms with Crippen molar-refractivity contribution in [3.8, 4) is 0 Å². The summed E-state index contributed by atoms with van der Waals surface area (Å²) in [7, 11) is 0. The molecule has 0 spiro atoms. The van der Waals surface area contributed by atoms with E-state index in [1.165, 1.54) is 6.92 Å². The van der Waals surface area contributed by atoms with Crippen LogP contribution in [-0.2, 0) is 6.54 Å². The lowest BCUT2D eigenvalue weighted by Gasteiger charge is -2.28. The number of halogens is 4. The normalized spacial score (nSPS) is 19.1. The van der Waals surface area contributed by atoms with Gasteiger partial charge in [-0.05, 0) is 25.7 Å². The van der Waals surface area contributed by atoms with E-state index in [2.05, 4.69) is 5.10 Å². The van der Waals surface area contributed by atoms with Crippen LogP contribution < -0.4 is 0 Å². The third kappa shape index (κ3) is 3.36. The largest absolute Gasteiger partial charge is 0.477 e. The Balaban J connectivity index is 2.20. The molecule has 1 aromatic heterocycles. The summed E-state index contributed by atoms with van der Waals surface area (Å²) in [6.07, 6.45) is -2.92. The predicted octanol–water partition coefficient (Wildman–Crippen LogP) is 3.65. The predicted molar refractivity (Wildman–Crippen MR) is 65.8 cm³/mol. The van der Waals surface area contributed by atoms with Crippen LogP contribution in [0, 0.1) is 12.8 Å². The van der Waals surface area contributed by atoms with Crippen LogP contribution in [0.2, 0.25) is 0 Å². The molecule has 0 amide bonds. The Morgan fingerprint density at radius 3 is 2.48 bits per heavy atom. The Hall–Kier alpha value is -1.60. The number of aromatic nitrogens is 2. The van der Waals surface area contributed by atoms with Gasteiger partial charge in [0, 0.05) is 24.9 Å². The molecule has 1 aliphatic rings. The summed E-state index contributed by atoms with van der Waals surface area (Å²) in [6.45, 7) is 1.36. The van der Waals surface area contributed by atoms with Gasteiger partial charge in [0.25, 0.3) is 6.43 Å². The van der Waals surface area contributed by atoms with Crippen molar-refractivity contribution in [2.45, 2.75) is 51.5 Å². The summed E-state index contributed by atoms with van der Waals surface area (Å²) in [5.41, 5.74) is -0.921. The number of carboxylic acids is 1. The van der Waals surface area contributed by atoms with E-state index in [-0.39, 0.29) is 49.4 Å². The summed E-state index contributed by atoms with van der Waals surface area (Å²) in [5.74, 6) is -4.19. The van der Waals surface area contributed by atoms with E-state index in [0.717, 1.165) is 4.68 Å². The Bertz CT molecular complexity index is 533. The number of alkyl halides is 4. The van der Waals surface area contributed by atoms with Crippen LogP contribution in [0.4, 0.5) is 17.6 Å². The van der Waals surface area contributed by atoms with Crippen LogP contribution in [0.5, 0.6) is 0 Å². The fourth-order valence-corrected chi connectivity index (χ4v) is 2.71. The van der Waals surface area contributed by atoms with Gasteiger partial charge in [-0.1, -0.05) is 0 Å². The van der Waals surface area contributed by atoms with E-state index in [9.17, 15) is 22.4 Å². The van der Waals surface area contributed by atoms with E-state index >= 15 is 0 Å². The molecule has 1 N–H and O–H groups in total. The molecule has 0 saturated heterocycles. The smallest absolute Gasteiger partial charge is 0.354 e. The van der Waals surface area contributed by atoms with Gasteiger partial charge in [-0.2, -0.15) is 5.10 Å². The molecule has 21 heavy (non-hydrogen) atoms. The maximum atomic E-state index is 13.1. The molecule has 0 atom stereocenters. The minimum Gasteiger partial charge on any atom is -0.477 e. The van der Waals surface area contributed by atoms with Crippen LogP contribution >= 0.6 is 0 Å². The Kier molecular flexibility index (Phi) is 4.25. The molecular weight excluding hydrogens is 292 g/mol. The maximum Gasteiger partial charge on any atom is 0.354 e. The Labute approximate surface area is 118 Å². The first-order chi connectivity index (χ1) is 9.71. The fraction of sp³-hybridized carbons (Fsp3) is 0.692. The second-order valence-corrected chi connectivity index (χ2v) is 5.45. The van der Waals surface area contributed by atoms with Crippen LogP contribution in [0.25, 0.3) is 0 Å². The second-order valence-electron chi connectivity index (χ2n) is 5.45. The zero-order valence-electron chi connectivity index (χ0n) is 11.5. The van der Waals surface area contributed by atoms with Gasteiger partial charge in [0.05, 0.1) is 0 Å². The molecule has 2 rings (SSSR count). The molecule has 8 heteroatoms. The van der Waals surface area contributed by atoms with Gasteiger partial charge >= 0.3 is 5.97 Å². The van der Waals surface area contributed by atoms with Crippen molar-refractivity contribution in [1.29, 1.82) is 0 Å². The maximum absolute atomic E-state index is 13.1. The average Bonchev–Trinajstić information content (AvgIpc) is 2.69. The fourth-order valence-electron chi connectivity index (χ4n) is 2.71. The number of hydrogen-bond acceptors (Lipinski definition) is 2. The third-order valence-electron chi connectivity index (χ3n) is 3.90. The summed E-state index contributed by atoms with van der Waals surface area (Å²) in [5, 5.41) is 12.8. The van der Waals surface area contributed by atoms with Crippen molar-refractivity contribution in [3.63, 3.8) is 0 Å². The first kappa shape index (κ1) is 15.8. The molecule has 0 aromatic carbocycles. The first-order valence-electron chi connectivity index (χ1n) is 6.68. The van der Waals surface area contributed by atoms with E-state index in [4.69, 9.17) is 5.11 Å². The van der Waals surface area contributed by atoms with Gasteiger partial charge in [-0.3, -0.25) is 4.68 Å². The van der Waals surface area contributed by atoms with Gasteiger partial charge in [0.1, 0.15) is 11.4 Å². The highest BCUT2D eigenvalue weighted by Crippen LogP contribution is 2.37. The summed E-state index contributed by atoms with van der Waals surface area (Å²) in [4.78, 5) is 11.2. The van der Waals surface area contributed by atoms with Crippen molar-refractivity contribution >= 4 is 5.97 Å². The number of nitrogens with zero attached hydrogens (tertiary/aromatic N) is 2. The van der Waals surface area contributed by atoms with Gasteiger partial charge in [-0.25, -0.2) is 22.4 Å². The molecule has 0 unspecified atom stereocenters. The molecule has 1 saturated carbocycles. The number of carboxylic acid groups (broad SMARTS) is 1. The average molecular weight is 308 g/mol. The van der Waals surface area contributed by atoms with Crippen molar-refractivity contribution in [1.82, 2.24) is 9.78 Å². The van der Waals surface area contributed by atoms with Crippen molar-refractivity contribution in [2.75, 3.05) is 0 Å². The minimum atomic E-state index is -2.86. The van der Waals surface area contributed by atoms with Gasteiger partial charge in [-0.15, -0.1) is 0 Å². The highest BCUT2D eigenvalue weighted by molar-refractivity contribution is 5.87. The number of hydrogen-bond donors (Lipinski definition) is 1. The van der Waals surface area contributed by atoms with Crippen LogP contribution in [0.1, 0.15) is 53.9 Å². The SMILES string of the molecule is Cc1c(C(F)F)nn(CC2CCC(F)(F)CC2)c1C(=O)O. The minimum absolute atomic E-state index is 0.0707. The van der Waals surface area contributed by atoms with E-state index < -0.39 is 24.0 Å². The van der Waals surface area contributed by atoms with Crippen molar-refractivity contribution in [3.05, 3.63) is 17.0 Å². The Morgan fingerprint density at radius 2 is 2.00 bits per heavy atom. The third-order valence-corrected chi connectivity index (χ3v) is 3.90. The summed E-state index contributed by atoms with van der Waals surface area (Å²) in [6, 6.07) is 0. The standard InChI is InChI=1S/C13H16F4N2O2/c1-7-9(11(14)15)18-19(10(7)12(20)21)6-8-2-4-13(16,17)5-3-8/h8,11H,2-6H2,1H3,(H,20,21). The molecule has 1 aromatic rings. The van der Waals surface area contributed by atoms with Gasteiger partial charge in [0.15, 0.2) is 0 Å². The molecular formula is C13H16F4N2O2. The monoisotopic (exact) mass is 308 g/mol. The molecule has 0 bridgehead atoms. The highest BCUT2D eigenvalue weighted by Gasteiger charge is 2.36. The molecule has 0 radical (unpaired) electrons. The molecule has 4 nitrogen and oxygen atoms in total. The molecule has 1 aliphatic carbocycles. The summed E-state index contributed by atoms with van der Waals surface area (Å²) >= 11 is 0. The van der Waals surface area contributed by atoms with Crippen molar-refractivity contribution in [2.24, 2.45) is 5.92 Å².